The lowest BCUT2D eigenvalue weighted by Gasteiger charge is -2.02. The van der Waals surface area contributed by atoms with Crippen LogP contribution in [0.2, 0.25) is 0 Å². The highest BCUT2D eigenvalue weighted by molar-refractivity contribution is 5.92. The van der Waals surface area contributed by atoms with Crippen LogP contribution >= 0.6 is 0 Å². The molecule has 0 atom stereocenters. The van der Waals surface area contributed by atoms with Gasteiger partial charge in [-0.15, -0.1) is 0 Å². The number of hydrogen-bond donors (Lipinski definition) is 1. The zero-order chi connectivity index (χ0) is 9.84. The molecule has 0 aliphatic heterocycles. The topological polar surface area (TPSA) is 56.0 Å². The molecular formula is C9H9FN2O. The van der Waals surface area contributed by atoms with E-state index in [0.717, 1.165) is 0 Å². The Bertz CT molecular complexity index is 349. The lowest BCUT2D eigenvalue weighted by atomic mass is 10.1. The Balaban J connectivity index is 3.04. The van der Waals surface area contributed by atoms with Gasteiger partial charge in [0.05, 0.1) is 5.83 Å². The lowest BCUT2D eigenvalue weighted by molar-refractivity contribution is 0.0994. The van der Waals surface area contributed by atoms with Crippen LogP contribution in [0.25, 0.3) is 0 Å². The first kappa shape index (κ1) is 9.38. The molecule has 3 nitrogen and oxygen atoms in total. The van der Waals surface area contributed by atoms with E-state index in [1.807, 2.05) is 0 Å². The highest BCUT2D eigenvalue weighted by atomic mass is 19.1. The van der Waals surface area contributed by atoms with Gasteiger partial charge in [0.25, 0.3) is 5.91 Å². The predicted molar refractivity (Wildman–Crippen MR) is 46.7 cm³/mol. The van der Waals surface area contributed by atoms with Crippen LogP contribution in [-0.4, -0.2) is 10.9 Å². The first-order valence-electron chi connectivity index (χ1n) is 3.68. The first-order valence-corrected chi connectivity index (χ1v) is 3.68. The fourth-order valence-electron chi connectivity index (χ4n) is 1.01. The van der Waals surface area contributed by atoms with Crippen LogP contribution in [0.15, 0.2) is 30.7 Å². The third-order valence-corrected chi connectivity index (χ3v) is 1.51. The molecule has 0 aliphatic carbocycles. The number of allylic oxidation sites excluding steroid dienone is 1. The molecule has 0 spiro atoms. The van der Waals surface area contributed by atoms with Gasteiger partial charge in [-0.05, 0) is 11.6 Å². The molecule has 1 amide bonds. The van der Waals surface area contributed by atoms with E-state index >= 15 is 0 Å². The Hall–Kier alpha value is -1.71. The average molecular weight is 180 g/mol. The van der Waals surface area contributed by atoms with Gasteiger partial charge in [-0.2, -0.15) is 0 Å². The van der Waals surface area contributed by atoms with Crippen molar-refractivity contribution in [1.82, 2.24) is 4.98 Å². The molecule has 1 heterocycles. The van der Waals surface area contributed by atoms with E-state index < -0.39 is 11.7 Å². The summed E-state index contributed by atoms with van der Waals surface area (Å²) in [6.07, 6.45) is 1.41. The van der Waals surface area contributed by atoms with Gasteiger partial charge in [0.15, 0.2) is 0 Å². The monoisotopic (exact) mass is 180 g/mol. The SMILES string of the molecule is C=C(F)Cc1cccnc1C(N)=O. The lowest BCUT2D eigenvalue weighted by Crippen LogP contribution is -2.15. The molecule has 0 saturated heterocycles. The Morgan fingerprint density at radius 1 is 1.69 bits per heavy atom. The van der Waals surface area contributed by atoms with E-state index in [1.54, 1.807) is 12.1 Å². The summed E-state index contributed by atoms with van der Waals surface area (Å²) in [6, 6.07) is 3.21. The van der Waals surface area contributed by atoms with E-state index in [-0.39, 0.29) is 12.1 Å². The fourth-order valence-corrected chi connectivity index (χ4v) is 1.01. The van der Waals surface area contributed by atoms with Gasteiger partial charge in [0.2, 0.25) is 0 Å². The van der Waals surface area contributed by atoms with Crippen molar-refractivity contribution < 1.29 is 9.18 Å². The number of hydrogen-bond acceptors (Lipinski definition) is 2. The summed E-state index contributed by atoms with van der Waals surface area (Å²) in [5, 5.41) is 0. The second kappa shape index (κ2) is 3.80. The molecule has 0 saturated carbocycles. The Morgan fingerprint density at radius 3 is 2.92 bits per heavy atom. The van der Waals surface area contributed by atoms with E-state index in [2.05, 4.69) is 11.6 Å². The normalized spacial score (nSPS) is 9.62. The van der Waals surface area contributed by atoms with Crippen LogP contribution in [0.4, 0.5) is 4.39 Å². The third-order valence-electron chi connectivity index (χ3n) is 1.51. The molecule has 1 rings (SSSR count). The molecule has 0 bridgehead atoms. The van der Waals surface area contributed by atoms with E-state index in [9.17, 15) is 9.18 Å². The van der Waals surface area contributed by atoms with Gasteiger partial charge in [0, 0.05) is 12.6 Å². The smallest absolute Gasteiger partial charge is 0.267 e. The molecule has 1 aromatic heterocycles. The van der Waals surface area contributed by atoms with Crippen molar-refractivity contribution in [3.8, 4) is 0 Å². The average Bonchev–Trinajstić information content (AvgIpc) is 2.03. The largest absolute Gasteiger partial charge is 0.364 e. The number of nitrogens with two attached hydrogens (primary N) is 1. The van der Waals surface area contributed by atoms with Crippen molar-refractivity contribution in [2.24, 2.45) is 5.73 Å². The van der Waals surface area contributed by atoms with Crippen molar-refractivity contribution in [1.29, 1.82) is 0 Å². The van der Waals surface area contributed by atoms with E-state index in [4.69, 9.17) is 5.73 Å². The van der Waals surface area contributed by atoms with Crippen LogP contribution in [0.1, 0.15) is 16.1 Å². The number of rotatable bonds is 3. The second-order valence-electron chi connectivity index (χ2n) is 2.57. The van der Waals surface area contributed by atoms with Crippen LogP contribution in [0.5, 0.6) is 0 Å². The van der Waals surface area contributed by atoms with Crippen molar-refractivity contribution in [2.45, 2.75) is 6.42 Å². The molecule has 0 radical (unpaired) electrons. The molecule has 68 valence electrons. The zero-order valence-electron chi connectivity index (χ0n) is 6.96. The molecule has 13 heavy (non-hydrogen) atoms. The summed E-state index contributed by atoms with van der Waals surface area (Å²) in [6.45, 7) is 3.10. The summed E-state index contributed by atoms with van der Waals surface area (Å²) in [5.41, 5.74) is 5.60. The highest BCUT2D eigenvalue weighted by Crippen LogP contribution is 2.10. The van der Waals surface area contributed by atoms with Crippen molar-refractivity contribution in [3.63, 3.8) is 0 Å². The molecule has 1 aromatic rings. The minimum atomic E-state index is -0.656. The van der Waals surface area contributed by atoms with Gasteiger partial charge in [-0.1, -0.05) is 12.6 Å². The molecule has 4 heteroatoms. The molecule has 2 N–H and O–H groups in total. The number of halogens is 1. The first-order chi connectivity index (χ1) is 6.11. The number of nitrogens with zero attached hydrogens (tertiary/aromatic N) is 1. The zero-order valence-corrected chi connectivity index (χ0v) is 6.96. The number of aromatic nitrogens is 1. The minimum Gasteiger partial charge on any atom is -0.364 e. The molecule has 0 unspecified atom stereocenters. The number of carbonyl (C=O) groups excluding carboxylic acids is 1. The Kier molecular flexibility index (Phi) is 2.74. The number of carbonyl (C=O) groups is 1. The summed E-state index contributed by atoms with van der Waals surface area (Å²) >= 11 is 0. The second-order valence-corrected chi connectivity index (χ2v) is 2.57. The molecule has 0 fully saturated rings. The summed E-state index contributed by atoms with van der Waals surface area (Å²) < 4.78 is 12.5. The standard InChI is InChI=1S/C9H9FN2O/c1-6(10)5-7-3-2-4-12-8(7)9(11)13/h2-4H,1,5H2,(H2,11,13). The van der Waals surface area contributed by atoms with Gasteiger partial charge in [-0.3, -0.25) is 9.78 Å². The maximum atomic E-state index is 12.5. The molecule has 0 aromatic carbocycles. The summed E-state index contributed by atoms with van der Waals surface area (Å²) in [4.78, 5) is 14.6. The highest BCUT2D eigenvalue weighted by Gasteiger charge is 2.09. The van der Waals surface area contributed by atoms with Crippen LogP contribution in [0, 0.1) is 0 Å². The van der Waals surface area contributed by atoms with Gasteiger partial charge in [0.1, 0.15) is 5.69 Å². The van der Waals surface area contributed by atoms with Crippen LogP contribution < -0.4 is 5.73 Å². The van der Waals surface area contributed by atoms with Crippen molar-refractivity contribution in [3.05, 3.63) is 42.0 Å². The predicted octanol–water partition coefficient (Wildman–Crippen LogP) is 1.21. The van der Waals surface area contributed by atoms with Gasteiger partial charge >= 0.3 is 0 Å². The minimum absolute atomic E-state index is 0.0217. The van der Waals surface area contributed by atoms with Gasteiger partial charge < -0.3 is 5.73 Å². The van der Waals surface area contributed by atoms with Gasteiger partial charge in [-0.25, -0.2) is 4.39 Å². The Labute approximate surface area is 75.1 Å². The van der Waals surface area contributed by atoms with Crippen LogP contribution in [0.3, 0.4) is 0 Å². The molecular weight excluding hydrogens is 171 g/mol. The summed E-state index contributed by atoms with van der Waals surface area (Å²) in [7, 11) is 0. The third kappa shape index (κ3) is 2.37. The van der Waals surface area contributed by atoms with Crippen LogP contribution in [-0.2, 0) is 6.42 Å². The van der Waals surface area contributed by atoms with Crippen molar-refractivity contribution >= 4 is 5.91 Å². The summed E-state index contributed by atoms with van der Waals surface area (Å²) in [5.74, 6) is -1.17. The van der Waals surface area contributed by atoms with E-state index in [1.165, 1.54) is 6.20 Å². The Morgan fingerprint density at radius 2 is 2.38 bits per heavy atom. The van der Waals surface area contributed by atoms with Crippen molar-refractivity contribution in [2.75, 3.05) is 0 Å². The number of pyridine rings is 1. The maximum Gasteiger partial charge on any atom is 0.267 e. The fraction of sp³-hybridized carbons (Fsp3) is 0.111. The number of amides is 1. The maximum absolute atomic E-state index is 12.5. The van der Waals surface area contributed by atoms with E-state index in [0.29, 0.717) is 5.56 Å². The molecule has 0 aliphatic rings. The quantitative estimate of drug-likeness (QED) is 0.759. The number of primary amides is 1.